The lowest BCUT2D eigenvalue weighted by atomic mass is 10.2. The molecule has 0 radical (unpaired) electrons. The van der Waals surface area contributed by atoms with E-state index in [0.717, 1.165) is 43.4 Å². The van der Waals surface area contributed by atoms with Crippen LogP contribution < -0.4 is 10.2 Å². The van der Waals surface area contributed by atoms with Gasteiger partial charge in [0.05, 0.1) is 26.2 Å². The summed E-state index contributed by atoms with van der Waals surface area (Å²) in [6.45, 7) is 5.71. The number of halogens is 1. The second-order valence-electron chi connectivity index (χ2n) is 6.05. The third-order valence-corrected chi connectivity index (χ3v) is 4.72. The standard InChI is InChI=1S/C18H21FN4S/c19-17-3-1-15(2-4-17)13-21-18(24)23-11-9-22(10-12-23)14-16-5-7-20-8-6-16/h1-8H,9-14H2,(H,21,24)/p+1. The number of nitrogens with zero attached hydrogens (tertiary/aromatic N) is 2. The van der Waals surface area contributed by atoms with Crippen molar-refractivity contribution in [1.82, 2.24) is 15.2 Å². The van der Waals surface area contributed by atoms with E-state index in [9.17, 15) is 4.39 Å². The molecule has 2 aromatic rings. The Hall–Kier alpha value is -2.05. The summed E-state index contributed by atoms with van der Waals surface area (Å²) < 4.78 is 12.9. The number of aromatic nitrogens is 1. The van der Waals surface area contributed by atoms with E-state index in [1.54, 1.807) is 17.0 Å². The molecule has 0 bridgehead atoms. The molecule has 4 nitrogen and oxygen atoms in total. The fourth-order valence-corrected chi connectivity index (χ4v) is 3.14. The summed E-state index contributed by atoms with van der Waals surface area (Å²) in [6.07, 6.45) is 3.69. The second kappa shape index (κ2) is 8.17. The van der Waals surface area contributed by atoms with Crippen LogP contribution in [0.2, 0.25) is 0 Å². The molecule has 0 aliphatic carbocycles. The van der Waals surface area contributed by atoms with Crippen molar-refractivity contribution in [2.24, 2.45) is 0 Å². The van der Waals surface area contributed by atoms with Crippen LogP contribution in [0.15, 0.2) is 48.8 Å². The van der Waals surface area contributed by atoms with Crippen LogP contribution in [0.4, 0.5) is 4.39 Å². The molecule has 0 amide bonds. The number of quaternary nitrogens is 1. The number of nitrogens with one attached hydrogen (secondary N) is 2. The van der Waals surface area contributed by atoms with E-state index >= 15 is 0 Å². The van der Waals surface area contributed by atoms with E-state index < -0.39 is 0 Å². The Bertz CT molecular complexity index is 654. The highest BCUT2D eigenvalue weighted by molar-refractivity contribution is 7.80. The quantitative estimate of drug-likeness (QED) is 0.810. The Kier molecular flexibility index (Phi) is 5.72. The van der Waals surface area contributed by atoms with Crippen molar-refractivity contribution < 1.29 is 9.29 Å². The second-order valence-corrected chi connectivity index (χ2v) is 6.44. The number of piperazine rings is 1. The van der Waals surface area contributed by atoms with E-state index in [1.165, 1.54) is 17.7 Å². The highest BCUT2D eigenvalue weighted by Gasteiger charge is 2.21. The predicted octanol–water partition coefficient (Wildman–Crippen LogP) is 0.996. The summed E-state index contributed by atoms with van der Waals surface area (Å²) in [4.78, 5) is 7.85. The number of hydrogen-bond acceptors (Lipinski definition) is 2. The number of thiocarbonyl (C=S) groups is 1. The van der Waals surface area contributed by atoms with Crippen molar-refractivity contribution in [3.8, 4) is 0 Å². The van der Waals surface area contributed by atoms with Crippen molar-refractivity contribution in [2.75, 3.05) is 26.2 Å². The molecule has 2 heterocycles. The van der Waals surface area contributed by atoms with Crippen molar-refractivity contribution in [2.45, 2.75) is 13.1 Å². The van der Waals surface area contributed by atoms with Crippen LogP contribution in [0.1, 0.15) is 11.1 Å². The Morgan fingerprint density at radius 3 is 2.42 bits per heavy atom. The number of hydrogen-bond donors (Lipinski definition) is 2. The maximum Gasteiger partial charge on any atom is 0.169 e. The lowest BCUT2D eigenvalue weighted by Gasteiger charge is -2.34. The largest absolute Gasteiger partial charge is 0.358 e. The molecule has 0 unspecified atom stereocenters. The summed E-state index contributed by atoms with van der Waals surface area (Å²) in [5.74, 6) is -0.213. The summed E-state index contributed by atoms with van der Waals surface area (Å²) in [5, 5.41) is 4.05. The van der Waals surface area contributed by atoms with Gasteiger partial charge in [-0.2, -0.15) is 0 Å². The molecule has 126 valence electrons. The minimum Gasteiger partial charge on any atom is -0.358 e. The van der Waals surface area contributed by atoms with Gasteiger partial charge in [-0.05, 0) is 42.0 Å². The van der Waals surface area contributed by atoms with E-state index in [2.05, 4.69) is 27.3 Å². The van der Waals surface area contributed by atoms with Gasteiger partial charge in [0.15, 0.2) is 5.11 Å². The average molecular weight is 345 g/mol. The van der Waals surface area contributed by atoms with Gasteiger partial charge in [0, 0.05) is 24.5 Å². The lowest BCUT2D eigenvalue weighted by molar-refractivity contribution is -0.917. The van der Waals surface area contributed by atoms with Crippen molar-refractivity contribution in [3.05, 3.63) is 65.7 Å². The van der Waals surface area contributed by atoms with Crippen LogP contribution in [0.25, 0.3) is 0 Å². The van der Waals surface area contributed by atoms with Gasteiger partial charge in [0.1, 0.15) is 12.4 Å². The molecule has 1 aliphatic heterocycles. The predicted molar refractivity (Wildman–Crippen MR) is 96.0 cm³/mol. The molecule has 0 atom stereocenters. The molecule has 1 fully saturated rings. The van der Waals surface area contributed by atoms with Crippen molar-refractivity contribution in [1.29, 1.82) is 0 Å². The van der Waals surface area contributed by atoms with Gasteiger partial charge < -0.3 is 15.1 Å². The monoisotopic (exact) mass is 345 g/mol. The van der Waals surface area contributed by atoms with Gasteiger partial charge in [-0.25, -0.2) is 4.39 Å². The maximum absolute atomic E-state index is 12.9. The zero-order chi connectivity index (χ0) is 16.8. The molecule has 0 spiro atoms. The highest BCUT2D eigenvalue weighted by atomic mass is 32.1. The van der Waals surface area contributed by atoms with Gasteiger partial charge >= 0.3 is 0 Å². The fourth-order valence-electron chi connectivity index (χ4n) is 2.88. The van der Waals surface area contributed by atoms with E-state index in [1.807, 2.05) is 12.4 Å². The summed E-state index contributed by atoms with van der Waals surface area (Å²) >= 11 is 5.49. The molecular weight excluding hydrogens is 323 g/mol. The molecule has 24 heavy (non-hydrogen) atoms. The minimum absolute atomic E-state index is 0.213. The Morgan fingerprint density at radius 1 is 1.08 bits per heavy atom. The van der Waals surface area contributed by atoms with Crippen LogP contribution in [0, 0.1) is 5.82 Å². The minimum atomic E-state index is -0.213. The zero-order valence-electron chi connectivity index (χ0n) is 13.5. The van der Waals surface area contributed by atoms with Crippen LogP contribution in [-0.4, -0.2) is 41.2 Å². The third-order valence-electron chi connectivity index (χ3n) is 4.32. The normalized spacial score (nSPS) is 15.3. The first kappa shape index (κ1) is 16.8. The molecule has 3 rings (SSSR count). The molecule has 1 aliphatic rings. The first-order chi connectivity index (χ1) is 11.7. The van der Waals surface area contributed by atoms with Gasteiger partial charge in [-0.15, -0.1) is 0 Å². The van der Waals surface area contributed by atoms with Gasteiger partial charge in [-0.1, -0.05) is 12.1 Å². The smallest absolute Gasteiger partial charge is 0.169 e. The van der Waals surface area contributed by atoms with E-state index in [4.69, 9.17) is 12.2 Å². The Labute approximate surface area is 147 Å². The number of pyridine rings is 1. The molecule has 6 heteroatoms. The zero-order valence-corrected chi connectivity index (χ0v) is 14.4. The molecule has 1 aromatic heterocycles. The van der Waals surface area contributed by atoms with E-state index in [-0.39, 0.29) is 5.82 Å². The first-order valence-electron chi connectivity index (χ1n) is 8.20. The lowest BCUT2D eigenvalue weighted by Crippen LogP contribution is -3.13. The molecular formula is C18H22FN4S+. The number of rotatable bonds is 4. The average Bonchev–Trinajstić information content (AvgIpc) is 2.62. The van der Waals surface area contributed by atoms with Crippen molar-refractivity contribution in [3.63, 3.8) is 0 Å². The van der Waals surface area contributed by atoms with Crippen LogP contribution >= 0.6 is 12.2 Å². The molecule has 0 saturated carbocycles. The van der Waals surface area contributed by atoms with Gasteiger partial charge in [0.25, 0.3) is 0 Å². The van der Waals surface area contributed by atoms with Gasteiger partial charge in [0.2, 0.25) is 0 Å². The fraction of sp³-hybridized carbons (Fsp3) is 0.333. The van der Waals surface area contributed by atoms with E-state index in [0.29, 0.717) is 6.54 Å². The van der Waals surface area contributed by atoms with Gasteiger partial charge in [-0.3, -0.25) is 4.98 Å². The third kappa shape index (κ3) is 4.72. The molecule has 2 N–H and O–H groups in total. The summed E-state index contributed by atoms with van der Waals surface area (Å²) in [6, 6.07) is 10.7. The molecule has 1 aromatic carbocycles. The summed E-state index contributed by atoms with van der Waals surface area (Å²) in [7, 11) is 0. The maximum atomic E-state index is 12.9. The Morgan fingerprint density at radius 2 is 1.75 bits per heavy atom. The molecule has 1 saturated heterocycles. The van der Waals surface area contributed by atoms with Crippen LogP contribution in [0.5, 0.6) is 0 Å². The number of benzene rings is 1. The van der Waals surface area contributed by atoms with Crippen LogP contribution in [-0.2, 0) is 13.1 Å². The topological polar surface area (TPSA) is 32.6 Å². The SMILES string of the molecule is Fc1ccc(CNC(=S)N2CC[NH+](Cc3ccncc3)CC2)cc1. The first-order valence-corrected chi connectivity index (χ1v) is 8.61. The Balaban J connectivity index is 1.42. The summed E-state index contributed by atoms with van der Waals surface area (Å²) in [5.41, 5.74) is 2.35. The highest BCUT2D eigenvalue weighted by Crippen LogP contribution is 2.03. The van der Waals surface area contributed by atoms with Crippen LogP contribution in [0.3, 0.4) is 0 Å². The van der Waals surface area contributed by atoms with Crippen molar-refractivity contribution >= 4 is 17.3 Å².